The minimum absolute atomic E-state index is 0.0763. The van der Waals surface area contributed by atoms with Crippen molar-refractivity contribution >= 4 is 11.9 Å². The highest BCUT2D eigenvalue weighted by Gasteiger charge is 2.33. The van der Waals surface area contributed by atoms with Crippen LogP contribution in [0.1, 0.15) is 29.9 Å². The van der Waals surface area contributed by atoms with Crippen LogP contribution in [0, 0.1) is 0 Å². The third-order valence-electron chi connectivity index (χ3n) is 2.74. The molecular formula is C12H9F3O3. The van der Waals surface area contributed by atoms with E-state index in [-0.39, 0.29) is 12.8 Å². The van der Waals surface area contributed by atoms with Crippen molar-refractivity contribution in [1.29, 1.82) is 0 Å². The van der Waals surface area contributed by atoms with Crippen LogP contribution in [0.4, 0.5) is 13.2 Å². The maximum atomic E-state index is 12.5. The molecule has 6 heteroatoms. The van der Waals surface area contributed by atoms with Gasteiger partial charge in [-0.1, -0.05) is 18.2 Å². The summed E-state index contributed by atoms with van der Waals surface area (Å²) >= 11 is 0. The van der Waals surface area contributed by atoms with E-state index in [0.717, 1.165) is 12.1 Å². The van der Waals surface area contributed by atoms with E-state index in [0.29, 0.717) is 5.56 Å². The van der Waals surface area contributed by atoms with Crippen LogP contribution >= 0.6 is 0 Å². The summed E-state index contributed by atoms with van der Waals surface area (Å²) in [5, 5.41) is 0. The second kappa shape index (κ2) is 4.44. The third-order valence-corrected chi connectivity index (χ3v) is 2.74. The van der Waals surface area contributed by atoms with Crippen molar-refractivity contribution in [1.82, 2.24) is 0 Å². The Morgan fingerprint density at radius 1 is 1.11 bits per heavy atom. The van der Waals surface area contributed by atoms with Gasteiger partial charge in [0.1, 0.15) is 0 Å². The first-order valence-electron chi connectivity index (χ1n) is 5.27. The Kier molecular flexibility index (Phi) is 3.11. The van der Waals surface area contributed by atoms with Gasteiger partial charge in [0.25, 0.3) is 0 Å². The van der Waals surface area contributed by atoms with Crippen molar-refractivity contribution in [3.8, 4) is 0 Å². The zero-order valence-electron chi connectivity index (χ0n) is 9.16. The van der Waals surface area contributed by atoms with Crippen molar-refractivity contribution < 1.29 is 27.5 Å². The zero-order chi connectivity index (χ0) is 13.3. The largest absolute Gasteiger partial charge is 0.416 e. The van der Waals surface area contributed by atoms with Gasteiger partial charge >= 0.3 is 18.1 Å². The number of carbonyl (C=O) groups excluding carboxylic acids is 2. The summed E-state index contributed by atoms with van der Waals surface area (Å²) in [6.45, 7) is 0. The fourth-order valence-corrected chi connectivity index (χ4v) is 1.89. The fraction of sp³-hybridized carbons (Fsp3) is 0.333. The Balaban J connectivity index is 2.28. The molecule has 1 aliphatic heterocycles. The monoisotopic (exact) mass is 258 g/mol. The van der Waals surface area contributed by atoms with Crippen LogP contribution in [-0.2, 0) is 20.5 Å². The van der Waals surface area contributed by atoms with Gasteiger partial charge in [-0.25, -0.2) is 0 Å². The summed E-state index contributed by atoms with van der Waals surface area (Å²) in [4.78, 5) is 22.1. The molecule has 0 aliphatic carbocycles. The second-order valence-corrected chi connectivity index (χ2v) is 4.07. The van der Waals surface area contributed by atoms with Gasteiger partial charge in [-0.15, -0.1) is 0 Å². The fourth-order valence-electron chi connectivity index (χ4n) is 1.89. The molecule has 1 heterocycles. The second-order valence-electron chi connectivity index (χ2n) is 4.07. The molecule has 1 saturated heterocycles. The van der Waals surface area contributed by atoms with E-state index in [1.807, 2.05) is 0 Å². The van der Waals surface area contributed by atoms with E-state index >= 15 is 0 Å². The first kappa shape index (κ1) is 12.6. The summed E-state index contributed by atoms with van der Waals surface area (Å²) in [6.07, 6.45) is -4.59. The molecule has 3 nitrogen and oxygen atoms in total. The molecule has 0 N–H and O–H groups in total. The average molecular weight is 258 g/mol. The maximum absolute atomic E-state index is 12.5. The highest BCUT2D eigenvalue weighted by Crippen LogP contribution is 2.34. The lowest BCUT2D eigenvalue weighted by Gasteiger charge is -2.20. The maximum Gasteiger partial charge on any atom is 0.416 e. The zero-order valence-corrected chi connectivity index (χ0v) is 9.16. The van der Waals surface area contributed by atoms with Crippen LogP contribution in [0.25, 0.3) is 0 Å². The Morgan fingerprint density at radius 2 is 1.72 bits per heavy atom. The van der Waals surface area contributed by atoms with Crippen LogP contribution in [0.5, 0.6) is 0 Å². The van der Waals surface area contributed by atoms with Gasteiger partial charge < -0.3 is 4.74 Å². The van der Waals surface area contributed by atoms with Crippen molar-refractivity contribution in [3.05, 3.63) is 35.4 Å². The normalized spacial score (nSPS) is 17.7. The van der Waals surface area contributed by atoms with E-state index < -0.39 is 29.6 Å². The number of halogens is 3. The predicted molar refractivity (Wildman–Crippen MR) is 54.5 cm³/mol. The molecule has 0 aromatic heterocycles. The molecule has 0 radical (unpaired) electrons. The molecule has 1 aliphatic rings. The molecule has 0 bridgehead atoms. The van der Waals surface area contributed by atoms with E-state index in [4.69, 9.17) is 0 Å². The lowest BCUT2D eigenvalue weighted by atomic mass is 9.90. The van der Waals surface area contributed by atoms with Gasteiger partial charge in [-0.3, -0.25) is 9.59 Å². The number of cyclic esters (lactones) is 2. The Labute approximate surface area is 101 Å². The number of hydrogen-bond acceptors (Lipinski definition) is 3. The number of alkyl halides is 3. The molecule has 96 valence electrons. The molecular weight excluding hydrogens is 249 g/mol. The molecule has 0 spiro atoms. The van der Waals surface area contributed by atoms with Gasteiger partial charge in [-0.05, 0) is 11.6 Å². The van der Waals surface area contributed by atoms with Crippen molar-refractivity contribution in [2.75, 3.05) is 0 Å². The summed E-state index contributed by atoms with van der Waals surface area (Å²) in [5.41, 5.74) is -0.457. The molecule has 0 atom stereocenters. The SMILES string of the molecule is O=C1CC(c2cccc(C(F)(F)F)c2)CC(=O)O1. The first-order valence-corrected chi connectivity index (χ1v) is 5.27. The van der Waals surface area contributed by atoms with Crippen LogP contribution < -0.4 is 0 Å². The van der Waals surface area contributed by atoms with Gasteiger partial charge in [0.05, 0.1) is 18.4 Å². The van der Waals surface area contributed by atoms with Crippen molar-refractivity contribution in [3.63, 3.8) is 0 Å². The van der Waals surface area contributed by atoms with Crippen LogP contribution in [0.15, 0.2) is 24.3 Å². The molecule has 18 heavy (non-hydrogen) atoms. The molecule has 0 unspecified atom stereocenters. The summed E-state index contributed by atoms with van der Waals surface area (Å²) in [5.74, 6) is -1.94. The van der Waals surface area contributed by atoms with Gasteiger partial charge in [-0.2, -0.15) is 13.2 Å². The number of ether oxygens (including phenoxy) is 1. The smallest absolute Gasteiger partial charge is 0.393 e. The average Bonchev–Trinajstić information content (AvgIpc) is 2.27. The van der Waals surface area contributed by atoms with E-state index in [9.17, 15) is 22.8 Å². The molecule has 1 aromatic carbocycles. The van der Waals surface area contributed by atoms with Crippen LogP contribution in [0.2, 0.25) is 0 Å². The standard InChI is InChI=1S/C12H9F3O3/c13-12(14,15)9-3-1-2-7(4-9)8-5-10(16)18-11(17)6-8/h1-4,8H,5-6H2. The number of rotatable bonds is 1. The quantitative estimate of drug-likeness (QED) is 0.574. The number of esters is 2. The van der Waals surface area contributed by atoms with E-state index in [1.54, 1.807) is 0 Å². The topological polar surface area (TPSA) is 43.4 Å². The molecule has 0 amide bonds. The van der Waals surface area contributed by atoms with E-state index in [2.05, 4.69) is 4.74 Å². The summed E-state index contributed by atoms with van der Waals surface area (Å²) in [6, 6.07) is 4.66. The van der Waals surface area contributed by atoms with Gasteiger partial charge in [0, 0.05) is 5.92 Å². The lowest BCUT2D eigenvalue weighted by molar-refractivity contribution is -0.163. The minimum Gasteiger partial charge on any atom is -0.393 e. The van der Waals surface area contributed by atoms with Gasteiger partial charge in [0.15, 0.2) is 0 Å². The Hall–Kier alpha value is -1.85. The highest BCUT2D eigenvalue weighted by atomic mass is 19.4. The number of carbonyl (C=O) groups is 2. The third kappa shape index (κ3) is 2.69. The first-order chi connectivity index (χ1) is 8.36. The van der Waals surface area contributed by atoms with Crippen LogP contribution in [-0.4, -0.2) is 11.9 Å². The van der Waals surface area contributed by atoms with E-state index in [1.165, 1.54) is 12.1 Å². The number of hydrogen-bond donors (Lipinski definition) is 0. The van der Waals surface area contributed by atoms with Crippen molar-refractivity contribution in [2.24, 2.45) is 0 Å². The lowest BCUT2D eigenvalue weighted by Crippen LogP contribution is -2.24. The highest BCUT2D eigenvalue weighted by molar-refractivity contribution is 5.89. The molecule has 0 saturated carbocycles. The minimum atomic E-state index is -4.44. The van der Waals surface area contributed by atoms with Gasteiger partial charge in [0.2, 0.25) is 0 Å². The molecule has 2 rings (SSSR count). The number of benzene rings is 1. The van der Waals surface area contributed by atoms with Crippen molar-refractivity contribution in [2.45, 2.75) is 24.9 Å². The predicted octanol–water partition coefficient (Wildman–Crippen LogP) is 2.65. The Morgan fingerprint density at radius 3 is 2.28 bits per heavy atom. The Bertz CT molecular complexity index is 478. The molecule has 1 fully saturated rings. The summed E-state index contributed by atoms with van der Waals surface area (Å²) < 4.78 is 41.9. The molecule has 1 aromatic rings. The van der Waals surface area contributed by atoms with Crippen LogP contribution in [0.3, 0.4) is 0 Å². The summed E-state index contributed by atoms with van der Waals surface area (Å²) in [7, 11) is 0.